The lowest BCUT2D eigenvalue weighted by atomic mass is 9.88. The third-order valence-corrected chi connectivity index (χ3v) is 4.92. The number of aliphatic imine (C=N–C) groups is 1. The molecule has 1 aliphatic heterocycles. The fraction of sp³-hybridized carbons (Fsp3) is 0.333. The summed E-state index contributed by atoms with van der Waals surface area (Å²) >= 11 is 0. The minimum absolute atomic E-state index is 0.0186. The van der Waals surface area contributed by atoms with Crippen LogP contribution in [0.15, 0.2) is 53.5 Å². The van der Waals surface area contributed by atoms with Gasteiger partial charge >= 0.3 is 0 Å². The first-order valence-electron chi connectivity index (χ1n) is 8.75. The van der Waals surface area contributed by atoms with Crippen LogP contribution in [0.2, 0.25) is 0 Å². The van der Waals surface area contributed by atoms with Crippen molar-refractivity contribution in [3.8, 4) is 16.9 Å². The van der Waals surface area contributed by atoms with E-state index in [1.807, 2.05) is 25.1 Å². The smallest absolute Gasteiger partial charge is 0.231 e. The van der Waals surface area contributed by atoms with E-state index in [9.17, 15) is 4.79 Å². The van der Waals surface area contributed by atoms with E-state index in [4.69, 9.17) is 10.5 Å². The Labute approximate surface area is 154 Å². The van der Waals surface area contributed by atoms with Gasteiger partial charge in [0.25, 0.3) is 0 Å². The largest absolute Gasteiger partial charge is 0.497 e. The molecule has 1 atom stereocenters. The molecular weight excluding hydrogens is 326 g/mol. The SMILES string of the molecule is COc1cccc(-c2cccc(CC[C@@]3(C)CC(=O)N(C)C(N)=N3)c2)c1. The van der Waals surface area contributed by atoms with Crippen molar-refractivity contribution in [2.45, 2.75) is 31.7 Å². The van der Waals surface area contributed by atoms with Crippen LogP contribution in [0.4, 0.5) is 0 Å². The molecule has 5 heteroatoms. The van der Waals surface area contributed by atoms with Crippen LogP contribution in [0.1, 0.15) is 25.3 Å². The summed E-state index contributed by atoms with van der Waals surface area (Å²) in [7, 11) is 3.34. The highest BCUT2D eigenvalue weighted by molar-refractivity contribution is 5.98. The third kappa shape index (κ3) is 3.87. The number of benzene rings is 2. The van der Waals surface area contributed by atoms with Gasteiger partial charge in [0.15, 0.2) is 5.96 Å². The lowest BCUT2D eigenvalue weighted by Gasteiger charge is -2.33. The van der Waals surface area contributed by atoms with Crippen molar-refractivity contribution < 1.29 is 9.53 Å². The summed E-state index contributed by atoms with van der Waals surface area (Å²) in [5.41, 5.74) is 8.92. The highest BCUT2D eigenvalue weighted by Gasteiger charge is 2.34. The maximum absolute atomic E-state index is 12.1. The fourth-order valence-electron chi connectivity index (χ4n) is 3.23. The van der Waals surface area contributed by atoms with Crippen molar-refractivity contribution in [1.82, 2.24) is 4.90 Å². The summed E-state index contributed by atoms with van der Waals surface area (Å²) in [5, 5.41) is 0. The van der Waals surface area contributed by atoms with E-state index in [2.05, 4.69) is 35.3 Å². The standard InChI is InChI=1S/C21H25N3O2/c1-21(14-19(25)24(2)20(22)23-21)11-10-15-6-4-7-16(12-15)17-8-5-9-18(13-17)26-3/h4-9,12-13H,10-11,14H2,1-3H3,(H2,22,23)/t21-/m0/s1. The number of carbonyl (C=O) groups is 1. The molecule has 0 radical (unpaired) electrons. The molecule has 0 aromatic heterocycles. The van der Waals surface area contributed by atoms with Crippen molar-refractivity contribution in [1.29, 1.82) is 0 Å². The second-order valence-electron chi connectivity index (χ2n) is 7.03. The number of hydrogen-bond donors (Lipinski definition) is 1. The van der Waals surface area contributed by atoms with Gasteiger partial charge in [-0.05, 0) is 48.6 Å². The van der Waals surface area contributed by atoms with Crippen LogP contribution in [0.25, 0.3) is 11.1 Å². The second-order valence-corrected chi connectivity index (χ2v) is 7.03. The van der Waals surface area contributed by atoms with E-state index < -0.39 is 5.54 Å². The molecule has 0 spiro atoms. The molecule has 2 aromatic rings. The summed E-state index contributed by atoms with van der Waals surface area (Å²) < 4.78 is 5.31. The molecule has 0 saturated carbocycles. The quantitative estimate of drug-likeness (QED) is 0.899. The lowest BCUT2D eigenvalue weighted by molar-refractivity contribution is -0.128. The molecule has 3 rings (SSSR count). The van der Waals surface area contributed by atoms with Gasteiger partial charge in [-0.25, -0.2) is 4.99 Å². The van der Waals surface area contributed by atoms with Gasteiger partial charge in [-0.1, -0.05) is 36.4 Å². The number of rotatable bonds is 5. The van der Waals surface area contributed by atoms with Gasteiger partial charge in [-0.15, -0.1) is 0 Å². The predicted molar refractivity (Wildman–Crippen MR) is 104 cm³/mol. The fourth-order valence-corrected chi connectivity index (χ4v) is 3.23. The van der Waals surface area contributed by atoms with Gasteiger partial charge in [0.1, 0.15) is 5.75 Å². The van der Waals surface area contributed by atoms with Crippen molar-refractivity contribution in [2.24, 2.45) is 10.7 Å². The Bertz CT molecular complexity index is 847. The van der Waals surface area contributed by atoms with Gasteiger partial charge in [-0.2, -0.15) is 0 Å². The van der Waals surface area contributed by atoms with Crippen LogP contribution in [-0.4, -0.2) is 36.5 Å². The van der Waals surface area contributed by atoms with Crippen LogP contribution < -0.4 is 10.5 Å². The molecule has 2 N–H and O–H groups in total. The Morgan fingerprint density at radius 3 is 2.58 bits per heavy atom. The molecule has 136 valence electrons. The monoisotopic (exact) mass is 351 g/mol. The van der Waals surface area contributed by atoms with Crippen LogP contribution in [0.3, 0.4) is 0 Å². The van der Waals surface area contributed by atoms with Crippen LogP contribution >= 0.6 is 0 Å². The van der Waals surface area contributed by atoms with E-state index in [1.165, 1.54) is 10.5 Å². The predicted octanol–water partition coefficient (Wildman–Crippen LogP) is 3.23. The zero-order valence-electron chi connectivity index (χ0n) is 15.5. The number of hydrogen-bond acceptors (Lipinski definition) is 4. The van der Waals surface area contributed by atoms with Gasteiger partial charge in [-0.3, -0.25) is 9.69 Å². The zero-order chi connectivity index (χ0) is 18.7. The molecule has 0 unspecified atom stereocenters. The van der Waals surface area contributed by atoms with E-state index in [1.54, 1.807) is 14.2 Å². The number of carbonyl (C=O) groups excluding carboxylic acids is 1. The Morgan fingerprint density at radius 1 is 1.19 bits per heavy atom. The van der Waals surface area contributed by atoms with Crippen LogP contribution in [0, 0.1) is 0 Å². The number of nitrogens with two attached hydrogens (primary N) is 1. The Kier molecular flexibility index (Phi) is 4.98. The van der Waals surface area contributed by atoms with E-state index in [0.717, 1.165) is 29.7 Å². The first-order valence-corrected chi connectivity index (χ1v) is 8.75. The molecule has 0 aliphatic carbocycles. The number of nitrogens with zero attached hydrogens (tertiary/aromatic N) is 2. The number of amides is 1. The third-order valence-electron chi connectivity index (χ3n) is 4.92. The number of methoxy groups -OCH3 is 1. The summed E-state index contributed by atoms with van der Waals surface area (Å²) in [6.45, 7) is 2.00. The Morgan fingerprint density at radius 2 is 1.88 bits per heavy atom. The topological polar surface area (TPSA) is 67.9 Å². The summed E-state index contributed by atoms with van der Waals surface area (Å²) in [6, 6.07) is 16.5. The zero-order valence-corrected chi connectivity index (χ0v) is 15.5. The molecule has 1 amide bonds. The van der Waals surface area contributed by atoms with Crippen molar-refractivity contribution in [3.63, 3.8) is 0 Å². The van der Waals surface area contributed by atoms with Crippen LogP contribution in [0.5, 0.6) is 5.75 Å². The lowest BCUT2D eigenvalue weighted by Crippen LogP contribution is -2.48. The van der Waals surface area contributed by atoms with Crippen molar-refractivity contribution >= 4 is 11.9 Å². The average molecular weight is 351 g/mol. The molecule has 0 bridgehead atoms. The highest BCUT2D eigenvalue weighted by Crippen LogP contribution is 2.29. The van der Waals surface area contributed by atoms with E-state index >= 15 is 0 Å². The van der Waals surface area contributed by atoms with Crippen molar-refractivity contribution in [2.75, 3.05) is 14.2 Å². The van der Waals surface area contributed by atoms with Gasteiger partial charge in [0, 0.05) is 7.05 Å². The summed E-state index contributed by atoms with van der Waals surface area (Å²) in [4.78, 5) is 18.1. The average Bonchev–Trinajstić information content (AvgIpc) is 2.65. The number of ether oxygens (including phenoxy) is 1. The number of aryl methyl sites for hydroxylation is 1. The molecule has 26 heavy (non-hydrogen) atoms. The molecule has 0 fully saturated rings. The maximum Gasteiger partial charge on any atom is 0.231 e. The van der Waals surface area contributed by atoms with Gasteiger partial charge in [0.05, 0.1) is 19.1 Å². The highest BCUT2D eigenvalue weighted by atomic mass is 16.5. The Hall–Kier alpha value is -2.82. The molecule has 2 aromatic carbocycles. The first kappa shape index (κ1) is 18.0. The maximum atomic E-state index is 12.1. The second kappa shape index (κ2) is 7.20. The van der Waals surface area contributed by atoms with Crippen molar-refractivity contribution in [3.05, 3.63) is 54.1 Å². The van der Waals surface area contributed by atoms with Crippen LogP contribution in [-0.2, 0) is 11.2 Å². The molecular formula is C21H25N3O2. The molecule has 0 saturated heterocycles. The van der Waals surface area contributed by atoms with Gasteiger partial charge < -0.3 is 10.5 Å². The van der Waals surface area contributed by atoms with E-state index in [0.29, 0.717) is 12.4 Å². The number of guanidine groups is 1. The normalized spacial score (nSPS) is 20.0. The summed E-state index contributed by atoms with van der Waals surface area (Å²) in [6.07, 6.45) is 2.00. The molecule has 1 heterocycles. The minimum atomic E-state index is -0.445. The Balaban J connectivity index is 1.76. The first-order chi connectivity index (χ1) is 12.4. The summed E-state index contributed by atoms with van der Waals surface area (Å²) in [5.74, 6) is 1.16. The molecule has 1 aliphatic rings. The molecule has 5 nitrogen and oxygen atoms in total. The minimum Gasteiger partial charge on any atom is -0.497 e. The van der Waals surface area contributed by atoms with E-state index in [-0.39, 0.29) is 5.91 Å². The van der Waals surface area contributed by atoms with Gasteiger partial charge in [0.2, 0.25) is 5.91 Å².